The van der Waals surface area contributed by atoms with Gasteiger partial charge >= 0.3 is 6.03 Å². The first-order chi connectivity index (χ1) is 13.3. The zero-order valence-electron chi connectivity index (χ0n) is 16.2. The third kappa shape index (κ3) is 5.10. The second kappa shape index (κ2) is 8.44. The molecule has 0 fully saturated rings. The predicted octanol–water partition coefficient (Wildman–Crippen LogP) is 4.46. The lowest BCUT2D eigenvalue weighted by Gasteiger charge is -2.20. The summed E-state index contributed by atoms with van der Waals surface area (Å²) >= 11 is 6.32. The van der Waals surface area contributed by atoms with Gasteiger partial charge in [-0.05, 0) is 45.0 Å². The fourth-order valence-corrected chi connectivity index (χ4v) is 2.94. The molecule has 0 spiro atoms. The number of amides is 2. The van der Waals surface area contributed by atoms with Crippen LogP contribution in [0, 0.1) is 0 Å². The van der Waals surface area contributed by atoms with E-state index in [0.717, 1.165) is 16.5 Å². The summed E-state index contributed by atoms with van der Waals surface area (Å²) in [4.78, 5) is 21.2. The summed E-state index contributed by atoms with van der Waals surface area (Å²) in [6.45, 7) is 6.80. The maximum atomic E-state index is 11.9. The second-order valence-corrected chi connectivity index (χ2v) is 7.86. The molecule has 28 heavy (non-hydrogen) atoms. The fraction of sp³-hybridized carbons (Fsp3) is 0.286. The van der Waals surface area contributed by atoms with Crippen LogP contribution in [0.5, 0.6) is 0 Å². The number of para-hydroxylation sites is 1. The molecule has 0 radical (unpaired) electrons. The Labute approximate surface area is 169 Å². The number of nitrogens with zero attached hydrogens (tertiary/aromatic N) is 2. The van der Waals surface area contributed by atoms with Crippen LogP contribution in [0.15, 0.2) is 48.5 Å². The van der Waals surface area contributed by atoms with E-state index < -0.39 is 0 Å². The number of rotatable bonds is 5. The van der Waals surface area contributed by atoms with Crippen LogP contribution in [0.4, 0.5) is 10.6 Å². The molecule has 2 amide bonds. The molecule has 2 aromatic carbocycles. The number of hydrogen-bond acceptors (Lipinski definition) is 4. The Bertz CT molecular complexity index is 984. The number of nitrogens with one attached hydrogen (secondary N) is 3. The van der Waals surface area contributed by atoms with Gasteiger partial charge in [0.05, 0.1) is 10.5 Å². The highest BCUT2D eigenvalue weighted by molar-refractivity contribution is 6.33. The van der Waals surface area contributed by atoms with Gasteiger partial charge in [-0.3, -0.25) is 0 Å². The number of carbonyl (C=O) groups excluding carboxylic acids is 1. The highest BCUT2D eigenvalue weighted by Crippen LogP contribution is 2.28. The molecule has 7 heteroatoms. The Morgan fingerprint density at radius 2 is 1.71 bits per heavy atom. The minimum atomic E-state index is -0.274. The molecule has 3 rings (SSSR count). The number of halogens is 1. The van der Waals surface area contributed by atoms with Crippen molar-refractivity contribution in [2.45, 2.75) is 26.3 Å². The number of fused-ring (bicyclic) bond motifs is 1. The third-order valence-corrected chi connectivity index (χ3v) is 4.24. The van der Waals surface area contributed by atoms with Gasteiger partial charge in [-0.1, -0.05) is 35.9 Å². The average Bonchev–Trinajstić information content (AvgIpc) is 2.64. The molecule has 1 aromatic heterocycles. The zero-order valence-corrected chi connectivity index (χ0v) is 17.0. The summed E-state index contributed by atoms with van der Waals surface area (Å²) < 4.78 is 0. The van der Waals surface area contributed by atoms with Crippen LogP contribution in [0.3, 0.4) is 0 Å². The van der Waals surface area contributed by atoms with Gasteiger partial charge in [-0.25, -0.2) is 14.8 Å². The summed E-state index contributed by atoms with van der Waals surface area (Å²) in [5, 5.41) is 10.5. The number of anilines is 1. The van der Waals surface area contributed by atoms with Crippen LogP contribution < -0.4 is 16.0 Å². The molecule has 3 N–H and O–H groups in total. The van der Waals surface area contributed by atoms with Crippen molar-refractivity contribution in [2.75, 3.05) is 18.4 Å². The van der Waals surface area contributed by atoms with Gasteiger partial charge in [0.15, 0.2) is 5.82 Å². The van der Waals surface area contributed by atoms with Crippen molar-refractivity contribution >= 4 is 34.4 Å². The van der Waals surface area contributed by atoms with E-state index in [1.807, 2.05) is 69.3 Å². The Kier molecular flexibility index (Phi) is 5.99. The van der Waals surface area contributed by atoms with Crippen LogP contribution in [0.1, 0.15) is 20.8 Å². The number of aromatic nitrogens is 2. The maximum absolute atomic E-state index is 11.9. The quantitative estimate of drug-likeness (QED) is 0.555. The summed E-state index contributed by atoms with van der Waals surface area (Å²) in [5.74, 6) is 1.27. The fourth-order valence-electron chi connectivity index (χ4n) is 2.72. The van der Waals surface area contributed by atoms with Gasteiger partial charge < -0.3 is 16.0 Å². The molecule has 0 aliphatic carbocycles. The van der Waals surface area contributed by atoms with E-state index in [2.05, 4.69) is 25.9 Å². The molecule has 0 unspecified atom stereocenters. The number of urea groups is 1. The Hall–Kier alpha value is -2.86. The van der Waals surface area contributed by atoms with Gasteiger partial charge in [0, 0.05) is 29.6 Å². The van der Waals surface area contributed by atoms with Gasteiger partial charge in [0.25, 0.3) is 0 Å². The minimum absolute atomic E-state index is 0.196. The maximum Gasteiger partial charge on any atom is 0.315 e. The Balaban J connectivity index is 1.77. The molecule has 0 aliphatic heterocycles. The Morgan fingerprint density at radius 1 is 1.00 bits per heavy atom. The van der Waals surface area contributed by atoms with E-state index in [9.17, 15) is 4.79 Å². The molecular formula is C21H24ClN5O. The van der Waals surface area contributed by atoms with Gasteiger partial charge in [-0.2, -0.15) is 0 Å². The summed E-state index contributed by atoms with van der Waals surface area (Å²) in [7, 11) is 0. The van der Waals surface area contributed by atoms with Crippen LogP contribution in [0.25, 0.3) is 22.3 Å². The molecule has 1 heterocycles. The van der Waals surface area contributed by atoms with Crippen LogP contribution >= 0.6 is 11.6 Å². The lowest BCUT2D eigenvalue weighted by molar-refractivity contribution is 0.232. The van der Waals surface area contributed by atoms with Crippen molar-refractivity contribution in [3.63, 3.8) is 0 Å². The standard InChI is InChI=1S/C21H24ClN5O/c1-21(2,3)27-20(28)24-13-12-23-18-15-9-5-7-11-17(15)25-19(26-18)14-8-4-6-10-16(14)22/h4-11H,12-13H2,1-3H3,(H,23,25,26)(H2,24,27,28). The smallest absolute Gasteiger partial charge is 0.315 e. The summed E-state index contributed by atoms with van der Waals surface area (Å²) in [5.41, 5.74) is 1.33. The molecule has 3 aromatic rings. The summed E-state index contributed by atoms with van der Waals surface area (Å²) in [6.07, 6.45) is 0. The van der Waals surface area contributed by atoms with Gasteiger partial charge in [0.2, 0.25) is 0 Å². The van der Waals surface area contributed by atoms with Crippen molar-refractivity contribution in [1.29, 1.82) is 0 Å². The average molecular weight is 398 g/mol. The topological polar surface area (TPSA) is 78.9 Å². The van der Waals surface area contributed by atoms with Crippen LogP contribution in [0.2, 0.25) is 5.02 Å². The molecule has 0 aliphatic rings. The van der Waals surface area contributed by atoms with E-state index in [1.54, 1.807) is 0 Å². The van der Waals surface area contributed by atoms with Gasteiger partial charge in [0.1, 0.15) is 5.82 Å². The van der Waals surface area contributed by atoms with E-state index in [1.165, 1.54) is 0 Å². The van der Waals surface area contributed by atoms with Crippen molar-refractivity contribution in [3.05, 3.63) is 53.6 Å². The second-order valence-electron chi connectivity index (χ2n) is 7.45. The molecule has 0 bridgehead atoms. The molecule has 0 atom stereocenters. The largest absolute Gasteiger partial charge is 0.368 e. The first-order valence-electron chi connectivity index (χ1n) is 9.15. The van der Waals surface area contributed by atoms with Crippen molar-refractivity contribution in [2.24, 2.45) is 0 Å². The highest BCUT2D eigenvalue weighted by Gasteiger charge is 2.13. The van der Waals surface area contributed by atoms with Crippen LogP contribution in [-0.4, -0.2) is 34.6 Å². The molecular weight excluding hydrogens is 374 g/mol. The molecule has 0 saturated heterocycles. The molecule has 0 saturated carbocycles. The number of hydrogen-bond donors (Lipinski definition) is 3. The van der Waals surface area contributed by atoms with E-state index in [0.29, 0.717) is 29.8 Å². The highest BCUT2D eigenvalue weighted by atomic mass is 35.5. The van der Waals surface area contributed by atoms with Crippen molar-refractivity contribution < 1.29 is 4.79 Å². The molecule has 146 valence electrons. The first kappa shape index (κ1) is 19.9. The summed E-state index contributed by atoms with van der Waals surface area (Å²) in [6, 6.07) is 15.1. The van der Waals surface area contributed by atoms with E-state index in [-0.39, 0.29) is 11.6 Å². The normalized spacial score (nSPS) is 11.3. The van der Waals surface area contributed by atoms with E-state index >= 15 is 0 Å². The van der Waals surface area contributed by atoms with Crippen LogP contribution in [-0.2, 0) is 0 Å². The monoisotopic (exact) mass is 397 g/mol. The SMILES string of the molecule is CC(C)(C)NC(=O)NCCNc1nc(-c2ccccc2Cl)nc2ccccc12. The predicted molar refractivity (Wildman–Crippen MR) is 115 cm³/mol. The lowest BCUT2D eigenvalue weighted by atomic mass is 10.1. The number of carbonyl (C=O) groups is 1. The van der Waals surface area contributed by atoms with Crippen molar-refractivity contribution in [1.82, 2.24) is 20.6 Å². The van der Waals surface area contributed by atoms with Gasteiger partial charge in [-0.15, -0.1) is 0 Å². The third-order valence-electron chi connectivity index (χ3n) is 3.91. The van der Waals surface area contributed by atoms with E-state index in [4.69, 9.17) is 11.6 Å². The first-order valence-corrected chi connectivity index (χ1v) is 9.53. The zero-order chi connectivity index (χ0) is 20.1. The Morgan fingerprint density at radius 3 is 2.46 bits per heavy atom. The number of benzene rings is 2. The minimum Gasteiger partial charge on any atom is -0.368 e. The lowest BCUT2D eigenvalue weighted by Crippen LogP contribution is -2.47. The molecule has 6 nitrogen and oxygen atoms in total. The van der Waals surface area contributed by atoms with Crippen molar-refractivity contribution in [3.8, 4) is 11.4 Å².